The van der Waals surface area contributed by atoms with Crippen LogP contribution in [0.15, 0.2) is 36.5 Å². The van der Waals surface area contributed by atoms with Gasteiger partial charge in [-0.05, 0) is 37.0 Å². The van der Waals surface area contributed by atoms with Crippen molar-refractivity contribution < 1.29 is 19.8 Å². The van der Waals surface area contributed by atoms with Crippen LogP contribution in [-0.2, 0) is 9.59 Å². The Bertz CT molecular complexity index is 542. The van der Waals surface area contributed by atoms with E-state index in [2.05, 4.69) is 20.8 Å². The van der Waals surface area contributed by atoms with Crippen molar-refractivity contribution in [2.75, 3.05) is 0 Å². The number of hydrogen-bond acceptors (Lipinski definition) is 3. The molecule has 0 heterocycles. The normalized spacial score (nSPS) is 22.8. The lowest BCUT2D eigenvalue weighted by molar-refractivity contribution is -0.131. The number of unbranched alkanes of at least 4 members (excludes halogenated alkanes) is 1. The van der Waals surface area contributed by atoms with E-state index in [1.807, 2.05) is 18.2 Å². The van der Waals surface area contributed by atoms with Gasteiger partial charge in [-0.25, -0.2) is 4.79 Å². The predicted molar refractivity (Wildman–Crippen MR) is 105 cm³/mol. The lowest BCUT2D eigenvalue weighted by Gasteiger charge is -2.29. The Kier molecular flexibility index (Phi) is 9.57. The molecule has 0 bridgehead atoms. The van der Waals surface area contributed by atoms with Gasteiger partial charge in [-0.15, -0.1) is 0 Å². The number of aliphatic hydroxyl groups is 1. The van der Waals surface area contributed by atoms with E-state index >= 15 is 0 Å². The fraction of sp³-hybridized carbons (Fsp3) is 0.636. The molecule has 0 amide bonds. The summed E-state index contributed by atoms with van der Waals surface area (Å²) in [6, 6.07) is 0. The minimum Gasteiger partial charge on any atom is -0.478 e. The van der Waals surface area contributed by atoms with Gasteiger partial charge in [0.25, 0.3) is 0 Å². The van der Waals surface area contributed by atoms with Crippen LogP contribution in [0.1, 0.15) is 65.7 Å². The van der Waals surface area contributed by atoms with Gasteiger partial charge in [-0.2, -0.15) is 0 Å². The number of carbonyl (C=O) groups is 2. The standard InChI is InChI=1S/C22H34O4/c1-4-5-16-22(2,3)20(24)15-13-17-12-14-19(23)18(17)10-8-6-7-9-11-21(25)26/h6-7,9,11,13,15,17-18,20,24H,4-5,8,10,12,14,16H2,1-3H3,(H,25,26)/b7-6?,11-9+,15-13+. The third-order valence-corrected chi connectivity index (χ3v) is 5.30. The fourth-order valence-corrected chi connectivity index (χ4v) is 3.42. The molecule has 4 nitrogen and oxygen atoms in total. The third kappa shape index (κ3) is 7.69. The average molecular weight is 363 g/mol. The van der Waals surface area contributed by atoms with Crippen molar-refractivity contribution in [3.8, 4) is 0 Å². The molecule has 0 spiro atoms. The van der Waals surface area contributed by atoms with E-state index in [9.17, 15) is 14.7 Å². The minimum atomic E-state index is -0.966. The van der Waals surface area contributed by atoms with Gasteiger partial charge in [0.15, 0.2) is 0 Å². The van der Waals surface area contributed by atoms with Gasteiger partial charge in [-0.1, -0.05) is 64.0 Å². The first-order chi connectivity index (χ1) is 12.3. The van der Waals surface area contributed by atoms with E-state index in [4.69, 9.17) is 5.11 Å². The number of carboxylic acids is 1. The molecule has 0 aromatic heterocycles. The Morgan fingerprint density at radius 3 is 2.73 bits per heavy atom. The van der Waals surface area contributed by atoms with Crippen LogP contribution >= 0.6 is 0 Å². The molecule has 4 heteroatoms. The van der Waals surface area contributed by atoms with Gasteiger partial charge in [0.1, 0.15) is 5.78 Å². The summed E-state index contributed by atoms with van der Waals surface area (Å²) < 4.78 is 0. The first-order valence-electron chi connectivity index (χ1n) is 9.73. The van der Waals surface area contributed by atoms with Gasteiger partial charge in [0.2, 0.25) is 0 Å². The lowest BCUT2D eigenvalue weighted by atomic mass is 9.80. The zero-order chi connectivity index (χ0) is 19.6. The maximum absolute atomic E-state index is 12.2. The maximum Gasteiger partial charge on any atom is 0.328 e. The highest BCUT2D eigenvalue weighted by molar-refractivity contribution is 5.83. The first kappa shape index (κ1) is 22.4. The number of rotatable bonds is 11. The van der Waals surface area contributed by atoms with Crippen LogP contribution in [0.3, 0.4) is 0 Å². The molecule has 3 atom stereocenters. The van der Waals surface area contributed by atoms with E-state index in [0.717, 1.165) is 44.6 Å². The van der Waals surface area contributed by atoms with Gasteiger partial charge in [-0.3, -0.25) is 4.79 Å². The second-order valence-electron chi connectivity index (χ2n) is 7.90. The third-order valence-electron chi connectivity index (χ3n) is 5.30. The Hall–Kier alpha value is -1.68. The van der Waals surface area contributed by atoms with Crippen molar-refractivity contribution in [2.24, 2.45) is 17.3 Å². The SMILES string of the molecule is CCCCC(C)(C)C(O)/C=C/C1CCC(=O)C1CCC=C/C=C/C(=O)O. The monoisotopic (exact) mass is 362 g/mol. The Balaban J connectivity index is 2.56. The highest BCUT2D eigenvalue weighted by Crippen LogP contribution is 2.35. The number of aliphatic hydroxyl groups excluding tert-OH is 1. The molecule has 0 aromatic carbocycles. The molecule has 1 fully saturated rings. The van der Waals surface area contributed by atoms with Crippen LogP contribution in [0.2, 0.25) is 0 Å². The van der Waals surface area contributed by atoms with Crippen molar-refractivity contribution in [1.29, 1.82) is 0 Å². The van der Waals surface area contributed by atoms with Gasteiger partial charge < -0.3 is 10.2 Å². The first-order valence-corrected chi connectivity index (χ1v) is 9.73. The summed E-state index contributed by atoms with van der Waals surface area (Å²) in [4.78, 5) is 22.6. The molecule has 3 unspecified atom stereocenters. The van der Waals surface area contributed by atoms with Crippen LogP contribution in [0.5, 0.6) is 0 Å². The van der Waals surface area contributed by atoms with E-state index < -0.39 is 12.1 Å². The molecule has 2 N–H and O–H groups in total. The van der Waals surface area contributed by atoms with Crippen LogP contribution in [0.25, 0.3) is 0 Å². The molecular formula is C22H34O4. The summed E-state index contributed by atoms with van der Waals surface area (Å²) in [5.74, 6) is -0.465. The van der Waals surface area contributed by atoms with Gasteiger partial charge >= 0.3 is 5.97 Å². The molecule has 1 saturated carbocycles. The molecule has 0 aliphatic heterocycles. The quantitative estimate of drug-likeness (QED) is 0.317. The number of Topliss-reactive ketones (excluding diaryl/α,β-unsaturated/α-hetero) is 1. The van der Waals surface area contributed by atoms with Crippen molar-refractivity contribution >= 4 is 11.8 Å². The second kappa shape index (κ2) is 11.1. The molecule has 1 aliphatic carbocycles. The molecule has 1 rings (SSSR count). The smallest absolute Gasteiger partial charge is 0.328 e. The number of ketones is 1. The Morgan fingerprint density at radius 2 is 2.08 bits per heavy atom. The summed E-state index contributed by atoms with van der Waals surface area (Å²) in [6.45, 7) is 6.33. The number of hydrogen-bond donors (Lipinski definition) is 2. The molecule has 146 valence electrons. The zero-order valence-electron chi connectivity index (χ0n) is 16.4. The number of allylic oxidation sites excluding steroid dienone is 4. The molecule has 0 aromatic rings. The van der Waals surface area contributed by atoms with Crippen molar-refractivity contribution in [1.82, 2.24) is 0 Å². The summed E-state index contributed by atoms with van der Waals surface area (Å²) in [6.07, 6.45) is 15.8. The zero-order valence-corrected chi connectivity index (χ0v) is 16.4. The Labute approximate surface area is 157 Å². The summed E-state index contributed by atoms with van der Waals surface area (Å²) >= 11 is 0. The highest BCUT2D eigenvalue weighted by Gasteiger charge is 2.33. The van der Waals surface area contributed by atoms with Crippen LogP contribution < -0.4 is 0 Å². The van der Waals surface area contributed by atoms with E-state index in [1.54, 1.807) is 6.08 Å². The lowest BCUT2D eigenvalue weighted by Crippen LogP contribution is -2.27. The number of aliphatic carboxylic acids is 1. The molecule has 1 aliphatic rings. The van der Waals surface area contributed by atoms with Crippen molar-refractivity contribution in [3.63, 3.8) is 0 Å². The summed E-state index contributed by atoms with van der Waals surface area (Å²) in [5.41, 5.74) is -0.149. The maximum atomic E-state index is 12.2. The minimum absolute atomic E-state index is 0.00491. The molecule has 0 radical (unpaired) electrons. The fourth-order valence-electron chi connectivity index (χ4n) is 3.42. The number of carboxylic acid groups (broad SMARTS) is 1. The van der Waals surface area contributed by atoms with E-state index in [0.29, 0.717) is 12.2 Å². The van der Waals surface area contributed by atoms with E-state index in [-0.39, 0.29) is 17.3 Å². The highest BCUT2D eigenvalue weighted by atomic mass is 16.4. The Morgan fingerprint density at radius 1 is 1.35 bits per heavy atom. The molecular weight excluding hydrogens is 328 g/mol. The van der Waals surface area contributed by atoms with Crippen LogP contribution in [-0.4, -0.2) is 28.1 Å². The second-order valence-corrected chi connectivity index (χ2v) is 7.90. The van der Waals surface area contributed by atoms with Crippen molar-refractivity contribution in [2.45, 2.75) is 71.8 Å². The largest absolute Gasteiger partial charge is 0.478 e. The predicted octanol–water partition coefficient (Wildman–Crippen LogP) is 4.69. The van der Waals surface area contributed by atoms with Crippen LogP contribution in [0.4, 0.5) is 0 Å². The van der Waals surface area contributed by atoms with Gasteiger partial charge in [0.05, 0.1) is 6.10 Å². The molecule has 26 heavy (non-hydrogen) atoms. The topological polar surface area (TPSA) is 74.6 Å². The summed E-state index contributed by atoms with van der Waals surface area (Å²) in [5, 5.41) is 19.0. The van der Waals surface area contributed by atoms with Crippen molar-refractivity contribution in [3.05, 3.63) is 36.5 Å². The number of carbonyl (C=O) groups excluding carboxylic acids is 1. The van der Waals surface area contributed by atoms with Gasteiger partial charge in [0, 0.05) is 18.4 Å². The van der Waals surface area contributed by atoms with Crippen LogP contribution in [0, 0.1) is 17.3 Å². The van der Waals surface area contributed by atoms with E-state index in [1.165, 1.54) is 6.08 Å². The summed E-state index contributed by atoms with van der Waals surface area (Å²) in [7, 11) is 0. The molecule has 0 saturated heterocycles. The average Bonchev–Trinajstić information content (AvgIpc) is 2.93.